The zero-order chi connectivity index (χ0) is 25.4. The van der Waals surface area contributed by atoms with Crippen molar-refractivity contribution in [3.63, 3.8) is 0 Å². The molecule has 9 nitrogen and oxygen atoms in total. The number of benzene rings is 3. The Morgan fingerprint density at radius 2 is 1.66 bits per heavy atom. The number of carbonyl (C=O) groups is 2. The van der Waals surface area contributed by atoms with E-state index in [-0.39, 0.29) is 17.2 Å². The standard InChI is InChI=1S/C24H23FN4O5S/c1-17-2-8-20(9-3-17)29(35(32,33)22-12-6-19(25)7-13-22)15-24(31)28-27-14-18-4-10-21(11-5-18)34-16-23(26)30/h2-14H,15-16H2,1H3,(H2,26,30)(H,28,31)/b27-14-. The number of aryl methyl sites for hydroxylation is 1. The average molecular weight is 499 g/mol. The Bertz CT molecular complexity index is 1310. The minimum atomic E-state index is -4.17. The predicted molar refractivity (Wildman–Crippen MR) is 129 cm³/mol. The molecule has 0 spiro atoms. The molecule has 3 aromatic carbocycles. The van der Waals surface area contributed by atoms with Crippen LogP contribution in [-0.4, -0.2) is 39.6 Å². The summed E-state index contributed by atoms with van der Waals surface area (Å²) in [5.41, 5.74) is 9.12. The molecule has 3 aromatic rings. The maximum absolute atomic E-state index is 13.3. The van der Waals surface area contributed by atoms with Crippen molar-refractivity contribution in [2.75, 3.05) is 17.5 Å². The fourth-order valence-corrected chi connectivity index (χ4v) is 4.33. The molecule has 11 heteroatoms. The van der Waals surface area contributed by atoms with Crippen LogP contribution in [0.1, 0.15) is 11.1 Å². The lowest BCUT2D eigenvalue weighted by Gasteiger charge is -2.23. The Kier molecular flexibility index (Phi) is 8.16. The lowest BCUT2D eigenvalue weighted by atomic mass is 10.2. The molecule has 0 unspecified atom stereocenters. The zero-order valence-corrected chi connectivity index (χ0v) is 19.5. The van der Waals surface area contributed by atoms with E-state index >= 15 is 0 Å². The normalized spacial score (nSPS) is 11.3. The van der Waals surface area contributed by atoms with E-state index < -0.39 is 34.2 Å². The third kappa shape index (κ3) is 7.11. The summed E-state index contributed by atoms with van der Waals surface area (Å²) in [6.45, 7) is 1.04. The smallest absolute Gasteiger partial charge is 0.264 e. The number of anilines is 1. The van der Waals surface area contributed by atoms with Crippen molar-refractivity contribution in [1.29, 1.82) is 0 Å². The second-order valence-electron chi connectivity index (χ2n) is 7.42. The second-order valence-corrected chi connectivity index (χ2v) is 9.28. The van der Waals surface area contributed by atoms with E-state index in [1.807, 2.05) is 6.92 Å². The molecule has 0 heterocycles. The Balaban J connectivity index is 1.72. The minimum absolute atomic E-state index is 0.158. The molecule has 0 saturated carbocycles. The van der Waals surface area contributed by atoms with E-state index in [9.17, 15) is 22.4 Å². The van der Waals surface area contributed by atoms with Gasteiger partial charge in [0.05, 0.1) is 16.8 Å². The maximum Gasteiger partial charge on any atom is 0.264 e. The summed E-state index contributed by atoms with van der Waals surface area (Å²) in [7, 11) is -4.17. The van der Waals surface area contributed by atoms with Gasteiger partial charge < -0.3 is 10.5 Å². The number of hydrazone groups is 1. The molecule has 0 fully saturated rings. The molecule has 0 saturated heterocycles. The van der Waals surface area contributed by atoms with E-state index in [0.29, 0.717) is 11.3 Å². The summed E-state index contributed by atoms with van der Waals surface area (Å²) in [5.74, 6) is -1.43. The number of ether oxygens (including phenoxy) is 1. The van der Waals surface area contributed by atoms with E-state index in [2.05, 4.69) is 10.5 Å². The summed E-state index contributed by atoms with van der Waals surface area (Å²) in [6.07, 6.45) is 1.36. The van der Waals surface area contributed by atoms with Gasteiger partial charge in [0.1, 0.15) is 18.1 Å². The van der Waals surface area contributed by atoms with Crippen LogP contribution >= 0.6 is 0 Å². The van der Waals surface area contributed by atoms with E-state index in [4.69, 9.17) is 10.5 Å². The molecule has 0 bridgehead atoms. The molecule has 3 N–H and O–H groups in total. The summed E-state index contributed by atoms with van der Waals surface area (Å²) in [5, 5.41) is 3.86. The van der Waals surface area contributed by atoms with Crippen molar-refractivity contribution in [3.05, 3.63) is 89.7 Å². The number of nitrogens with one attached hydrogen (secondary N) is 1. The number of halogens is 1. The maximum atomic E-state index is 13.3. The Morgan fingerprint density at radius 3 is 2.26 bits per heavy atom. The van der Waals surface area contributed by atoms with E-state index in [1.165, 1.54) is 6.21 Å². The van der Waals surface area contributed by atoms with Crippen LogP contribution in [0, 0.1) is 12.7 Å². The molecule has 0 aliphatic heterocycles. The molecule has 0 atom stereocenters. The minimum Gasteiger partial charge on any atom is -0.484 e. The number of amides is 2. The molecule has 0 aliphatic carbocycles. The van der Waals surface area contributed by atoms with E-state index in [0.717, 1.165) is 34.1 Å². The van der Waals surface area contributed by atoms with Gasteiger partial charge in [0.2, 0.25) is 0 Å². The van der Waals surface area contributed by atoms with Crippen LogP contribution in [0.5, 0.6) is 5.75 Å². The number of sulfonamides is 1. The molecule has 35 heavy (non-hydrogen) atoms. The quantitative estimate of drug-likeness (QED) is 0.327. The molecular weight excluding hydrogens is 475 g/mol. The summed E-state index contributed by atoms with van der Waals surface area (Å²) in [4.78, 5) is 23.2. The SMILES string of the molecule is Cc1ccc(N(CC(=O)N/N=C\c2ccc(OCC(N)=O)cc2)S(=O)(=O)c2ccc(F)cc2)cc1. The monoisotopic (exact) mass is 498 g/mol. The Morgan fingerprint density at radius 1 is 1.03 bits per heavy atom. The highest BCUT2D eigenvalue weighted by atomic mass is 32.2. The van der Waals surface area contributed by atoms with Gasteiger partial charge in [-0.1, -0.05) is 17.7 Å². The van der Waals surface area contributed by atoms with Gasteiger partial charge in [-0.05, 0) is 73.2 Å². The van der Waals surface area contributed by atoms with Crippen LogP contribution in [0.25, 0.3) is 0 Å². The molecule has 0 aromatic heterocycles. The van der Waals surface area contributed by atoms with E-state index in [1.54, 1.807) is 48.5 Å². The van der Waals surface area contributed by atoms with Crippen molar-refractivity contribution in [2.45, 2.75) is 11.8 Å². The fraction of sp³-hybridized carbons (Fsp3) is 0.125. The van der Waals surface area contributed by atoms with Crippen molar-refractivity contribution < 1.29 is 27.1 Å². The van der Waals surface area contributed by atoms with Gasteiger partial charge in [-0.2, -0.15) is 5.10 Å². The number of hydrogen-bond donors (Lipinski definition) is 2. The average Bonchev–Trinajstić information content (AvgIpc) is 2.83. The molecular formula is C24H23FN4O5S. The molecule has 182 valence electrons. The molecule has 0 radical (unpaired) electrons. The molecule has 3 rings (SSSR count). The highest BCUT2D eigenvalue weighted by Crippen LogP contribution is 2.24. The zero-order valence-electron chi connectivity index (χ0n) is 18.7. The van der Waals surface area contributed by atoms with Crippen molar-refractivity contribution in [2.24, 2.45) is 10.8 Å². The first-order valence-electron chi connectivity index (χ1n) is 10.3. The van der Waals surface area contributed by atoms with Crippen LogP contribution in [0.4, 0.5) is 10.1 Å². The van der Waals surface area contributed by atoms with Gasteiger partial charge in [-0.3, -0.25) is 13.9 Å². The summed E-state index contributed by atoms with van der Waals surface area (Å²) < 4.78 is 45.9. The van der Waals surface area contributed by atoms with Crippen LogP contribution < -0.4 is 20.2 Å². The number of nitrogens with zero attached hydrogens (tertiary/aromatic N) is 2. The lowest BCUT2D eigenvalue weighted by molar-refractivity contribution is -0.120. The van der Waals surface area contributed by atoms with Crippen molar-refractivity contribution in [1.82, 2.24) is 5.43 Å². The molecule has 2 amide bonds. The lowest BCUT2D eigenvalue weighted by Crippen LogP contribution is -2.39. The fourth-order valence-electron chi connectivity index (χ4n) is 2.91. The summed E-state index contributed by atoms with van der Waals surface area (Å²) in [6, 6.07) is 17.4. The third-order valence-corrected chi connectivity index (χ3v) is 6.46. The second kappa shape index (κ2) is 11.3. The van der Waals surface area contributed by atoms with Crippen LogP contribution in [0.2, 0.25) is 0 Å². The van der Waals surface area contributed by atoms with Crippen molar-refractivity contribution in [3.8, 4) is 5.75 Å². The van der Waals surface area contributed by atoms with Gasteiger partial charge in [0.15, 0.2) is 6.61 Å². The third-order valence-electron chi connectivity index (χ3n) is 4.67. The number of rotatable bonds is 10. The summed E-state index contributed by atoms with van der Waals surface area (Å²) >= 11 is 0. The number of hydrogen-bond acceptors (Lipinski definition) is 6. The first-order valence-corrected chi connectivity index (χ1v) is 11.8. The van der Waals surface area contributed by atoms with Crippen molar-refractivity contribution >= 4 is 33.7 Å². The van der Waals surface area contributed by atoms with Crippen LogP contribution in [0.15, 0.2) is 82.8 Å². The Labute approximate surface area is 202 Å². The first kappa shape index (κ1) is 25.4. The number of nitrogens with two attached hydrogens (primary N) is 1. The van der Waals surface area contributed by atoms with Crippen LogP contribution in [-0.2, 0) is 19.6 Å². The largest absolute Gasteiger partial charge is 0.484 e. The highest BCUT2D eigenvalue weighted by Gasteiger charge is 2.27. The van der Waals surface area contributed by atoms with Gasteiger partial charge >= 0.3 is 0 Å². The first-order chi connectivity index (χ1) is 16.6. The van der Waals surface area contributed by atoms with Gasteiger partial charge in [-0.25, -0.2) is 18.2 Å². The number of carbonyl (C=O) groups excluding carboxylic acids is 2. The highest BCUT2D eigenvalue weighted by molar-refractivity contribution is 7.92. The number of primary amides is 1. The van der Waals surface area contributed by atoms with Gasteiger partial charge in [0, 0.05) is 0 Å². The van der Waals surface area contributed by atoms with Crippen LogP contribution in [0.3, 0.4) is 0 Å². The predicted octanol–water partition coefficient (Wildman–Crippen LogP) is 2.34. The topological polar surface area (TPSA) is 131 Å². The van der Waals surface area contributed by atoms with Gasteiger partial charge in [-0.15, -0.1) is 0 Å². The molecule has 0 aliphatic rings. The van der Waals surface area contributed by atoms with Gasteiger partial charge in [0.25, 0.3) is 21.8 Å². The Hall–Kier alpha value is -4.25.